The summed E-state index contributed by atoms with van der Waals surface area (Å²) in [7, 11) is 0. The third-order valence-corrected chi connectivity index (χ3v) is 3.80. The molecule has 0 bridgehead atoms. The molecule has 1 atom stereocenters. The van der Waals surface area contributed by atoms with E-state index in [-0.39, 0.29) is 41.9 Å². The minimum atomic E-state index is -0.596. The Hall–Kier alpha value is -2.89. The highest BCUT2D eigenvalue weighted by Gasteiger charge is 2.36. The molecule has 6 heteroatoms. The van der Waals surface area contributed by atoms with Crippen molar-refractivity contribution < 1.29 is 19.1 Å². The van der Waals surface area contributed by atoms with Crippen LogP contribution in [0.2, 0.25) is 0 Å². The van der Waals surface area contributed by atoms with E-state index in [2.05, 4.69) is 5.32 Å². The summed E-state index contributed by atoms with van der Waals surface area (Å²) in [6.07, 6.45) is 0.00770. The van der Waals surface area contributed by atoms with E-state index in [4.69, 9.17) is 0 Å². The molecular weight excluding hydrogens is 299 g/mol. The highest BCUT2D eigenvalue weighted by molar-refractivity contribution is 6.03. The highest BCUT2D eigenvalue weighted by Crippen LogP contribution is 2.29. The van der Waals surface area contributed by atoms with Gasteiger partial charge in [-0.2, -0.15) is 0 Å². The van der Waals surface area contributed by atoms with Gasteiger partial charge in [0.05, 0.1) is 17.3 Å². The molecule has 3 rings (SSSR count). The standard InChI is InChI=1S/C17H15FN2O3/c18-12-5-1-3-7-14(12)20-10-11(9-16(20)22)17(23)19-13-6-2-4-8-15(13)21/h1-8,11,21H,9-10H2,(H,19,23). The van der Waals surface area contributed by atoms with E-state index in [1.54, 1.807) is 30.3 Å². The lowest BCUT2D eigenvalue weighted by molar-refractivity contribution is -0.122. The van der Waals surface area contributed by atoms with Crippen molar-refractivity contribution in [2.24, 2.45) is 5.92 Å². The van der Waals surface area contributed by atoms with Gasteiger partial charge in [-0.25, -0.2) is 4.39 Å². The molecule has 1 saturated heterocycles. The summed E-state index contributed by atoms with van der Waals surface area (Å²) < 4.78 is 13.8. The summed E-state index contributed by atoms with van der Waals surface area (Å²) in [5.41, 5.74) is 0.463. The Kier molecular flexibility index (Phi) is 3.97. The molecule has 1 aliphatic rings. The summed E-state index contributed by atoms with van der Waals surface area (Å²) in [6, 6.07) is 12.3. The summed E-state index contributed by atoms with van der Waals surface area (Å²) in [5.74, 6) is -1.81. The van der Waals surface area contributed by atoms with Crippen molar-refractivity contribution in [3.05, 3.63) is 54.3 Å². The molecule has 0 spiro atoms. The predicted molar refractivity (Wildman–Crippen MR) is 83.6 cm³/mol. The Labute approximate surface area is 132 Å². The number of hydrogen-bond acceptors (Lipinski definition) is 3. The largest absolute Gasteiger partial charge is 0.506 e. The van der Waals surface area contributed by atoms with Crippen LogP contribution in [0, 0.1) is 11.7 Å². The van der Waals surface area contributed by atoms with Crippen LogP contribution in [-0.4, -0.2) is 23.5 Å². The molecule has 2 aromatic rings. The van der Waals surface area contributed by atoms with Gasteiger partial charge in [-0.1, -0.05) is 24.3 Å². The van der Waals surface area contributed by atoms with Crippen LogP contribution in [0.1, 0.15) is 6.42 Å². The third-order valence-electron chi connectivity index (χ3n) is 3.80. The molecule has 1 unspecified atom stereocenters. The Morgan fingerprint density at radius 2 is 1.87 bits per heavy atom. The number of aromatic hydroxyl groups is 1. The monoisotopic (exact) mass is 314 g/mol. The number of phenols is 1. The molecule has 1 aliphatic heterocycles. The molecule has 0 saturated carbocycles. The summed E-state index contributed by atoms with van der Waals surface area (Å²) in [4.78, 5) is 25.7. The van der Waals surface area contributed by atoms with E-state index in [9.17, 15) is 19.1 Å². The summed E-state index contributed by atoms with van der Waals surface area (Å²) >= 11 is 0. The zero-order valence-electron chi connectivity index (χ0n) is 12.2. The average molecular weight is 314 g/mol. The predicted octanol–water partition coefficient (Wildman–Crippen LogP) is 2.52. The van der Waals surface area contributed by atoms with Crippen molar-refractivity contribution in [1.82, 2.24) is 0 Å². The second-order valence-electron chi connectivity index (χ2n) is 5.36. The number of phenolic OH excluding ortho intramolecular Hbond substituents is 1. The molecule has 118 valence electrons. The van der Waals surface area contributed by atoms with Crippen molar-refractivity contribution in [3.8, 4) is 5.75 Å². The Morgan fingerprint density at radius 3 is 2.61 bits per heavy atom. The molecular formula is C17H15FN2O3. The van der Waals surface area contributed by atoms with Crippen LogP contribution in [0.3, 0.4) is 0 Å². The van der Waals surface area contributed by atoms with Gasteiger partial charge in [-0.15, -0.1) is 0 Å². The first-order valence-corrected chi connectivity index (χ1v) is 7.20. The zero-order valence-corrected chi connectivity index (χ0v) is 12.2. The van der Waals surface area contributed by atoms with Crippen LogP contribution < -0.4 is 10.2 Å². The average Bonchev–Trinajstić information content (AvgIpc) is 2.92. The van der Waals surface area contributed by atoms with Gasteiger partial charge in [-0.05, 0) is 24.3 Å². The lowest BCUT2D eigenvalue weighted by atomic mass is 10.1. The van der Waals surface area contributed by atoms with E-state index < -0.39 is 11.7 Å². The highest BCUT2D eigenvalue weighted by atomic mass is 19.1. The van der Waals surface area contributed by atoms with Gasteiger partial charge in [0.25, 0.3) is 0 Å². The van der Waals surface area contributed by atoms with Gasteiger partial charge < -0.3 is 15.3 Å². The van der Waals surface area contributed by atoms with E-state index in [0.29, 0.717) is 0 Å². The summed E-state index contributed by atoms with van der Waals surface area (Å²) in [6.45, 7) is 0.110. The molecule has 0 radical (unpaired) electrons. The molecule has 0 aliphatic carbocycles. The van der Waals surface area contributed by atoms with Gasteiger partial charge in [-0.3, -0.25) is 9.59 Å². The Morgan fingerprint density at radius 1 is 1.17 bits per heavy atom. The lowest BCUT2D eigenvalue weighted by Gasteiger charge is -2.17. The number of halogens is 1. The maximum atomic E-state index is 13.8. The number of amides is 2. The number of hydrogen-bond donors (Lipinski definition) is 2. The smallest absolute Gasteiger partial charge is 0.229 e. The van der Waals surface area contributed by atoms with Gasteiger partial charge in [0.1, 0.15) is 11.6 Å². The maximum Gasteiger partial charge on any atom is 0.229 e. The minimum Gasteiger partial charge on any atom is -0.506 e. The van der Waals surface area contributed by atoms with Crippen LogP contribution >= 0.6 is 0 Å². The van der Waals surface area contributed by atoms with Crippen LogP contribution in [0.4, 0.5) is 15.8 Å². The fraction of sp³-hybridized carbons (Fsp3) is 0.176. The molecule has 2 N–H and O–H groups in total. The van der Waals surface area contributed by atoms with E-state index >= 15 is 0 Å². The number of nitrogens with one attached hydrogen (secondary N) is 1. The molecule has 1 fully saturated rings. The number of rotatable bonds is 3. The van der Waals surface area contributed by atoms with E-state index in [1.807, 2.05) is 0 Å². The number of anilines is 2. The van der Waals surface area contributed by atoms with E-state index in [0.717, 1.165) is 0 Å². The number of carbonyl (C=O) groups is 2. The van der Waals surface area contributed by atoms with Gasteiger partial charge in [0.15, 0.2) is 0 Å². The number of benzene rings is 2. The van der Waals surface area contributed by atoms with Gasteiger partial charge >= 0.3 is 0 Å². The fourth-order valence-electron chi connectivity index (χ4n) is 2.60. The molecule has 0 aromatic heterocycles. The zero-order chi connectivity index (χ0) is 16.4. The Balaban J connectivity index is 1.74. The second kappa shape index (κ2) is 6.08. The lowest BCUT2D eigenvalue weighted by Crippen LogP contribution is -2.28. The molecule has 23 heavy (non-hydrogen) atoms. The molecule has 2 amide bonds. The van der Waals surface area contributed by atoms with Crippen LogP contribution in [0.15, 0.2) is 48.5 Å². The van der Waals surface area contributed by atoms with Gasteiger partial charge in [0.2, 0.25) is 11.8 Å². The number of carbonyl (C=O) groups excluding carboxylic acids is 2. The molecule has 2 aromatic carbocycles. The van der Waals surface area contributed by atoms with Crippen molar-refractivity contribution in [2.75, 3.05) is 16.8 Å². The summed E-state index contributed by atoms with van der Waals surface area (Å²) in [5, 5.41) is 12.3. The first kappa shape index (κ1) is 15.0. The molecule has 5 nitrogen and oxygen atoms in total. The van der Waals surface area contributed by atoms with Crippen molar-refractivity contribution >= 4 is 23.2 Å². The topological polar surface area (TPSA) is 69.6 Å². The van der Waals surface area contributed by atoms with Crippen LogP contribution in [0.5, 0.6) is 5.75 Å². The quantitative estimate of drug-likeness (QED) is 0.855. The van der Waals surface area contributed by atoms with Crippen molar-refractivity contribution in [3.63, 3.8) is 0 Å². The Bertz CT molecular complexity index is 763. The van der Waals surface area contributed by atoms with Crippen LogP contribution in [-0.2, 0) is 9.59 Å². The minimum absolute atomic E-state index is 0.00770. The number of para-hydroxylation sites is 3. The molecule has 1 heterocycles. The first-order valence-electron chi connectivity index (χ1n) is 7.20. The van der Waals surface area contributed by atoms with E-state index in [1.165, 1.54) is 23.1 Å². The number of nitrogens with zero attached hydrogens (tertiary/aromatic N) is 1. The fourth-order valence-corrected chi connectivity index (χ4v) is 2.60. The third kappa shape index (κ3) is 3.01. The second-order valence-corrected chi connectivity index (χ2v) is 5.36. The first-order chi connectivity index (χ1) is 11.1. The maximum absolute atomic E-state index is 13.8. The van der Waals surface area contributed by atoms with Crippen molar-refractivity contribution in [2.45, 2.75) is 6.42 Å². The van der Waals surface area contributed by atoms with Gasteiger partial charge in [0, 0.05) is 13.0 Å². The normalized spacial score (nSPS) is 17.3. The van der Waals surface area contributed by atoms with Crippen molar-refractivity contribution in [1.29, 1.82) is 0 Å². The van der Waals surface area contributed by atoms with Crippen LogP contribution in [0.25, 0.3) is 0 Å². The SMILES string of the molecule is O=C(Nc1ccccc1O)C1CC(=O)N(c2ccccc2F)C1.